The Morgan fingerprint density at radius 3 is 2.75 bits per heavy atom. The summed E-state index contributed by atoms with van der Waals surface area (Å²) in [5.74, 6) is 6.10. The minimum Gasteiger partial charge on any atom is -0.456 e. The fourth-order valence-corrected chi connectivity index (χ4v) is 1.72. The number of aryl methyl sites for hydroxylation is 2. The molecule has 0 unspecified atom stereocenters. The third kappa shape index (κ3) is 3.28. The Kier molecular flexibility index (Phi) is 4.24. The average Bonchev–Trinajstić information content (AvgIpc) is 2.86. The first-order valence-electron chi connectivity index (χ1n) is 6.18. The van der Waals surface area contributed by atoms with Gasteiger partial charge in [-0.3, -0.25) is 4.79 Å². The van der Waals surface area contributed by atoms with Crippen molar-refractivity contribution < 1.29 is 14.3 Å². The average molecular weight is 269 g/mol. The Morgan fingerprint density at radius 2 is 2.10 bits per heavy atom. The third-order valence-corrected chi connectivity index (χ3v) is 2.76. The quantitative estimate of drug-likeness (QED) is 0.823. The zero-order chi connectivity index (χ0) is 14.5. The van der Waals surface area contributed by atoms with Crippen LogP contribution in [0, 0.1) is 25.7 Å². The van der Waals surface area contributed by atoms with Gasteiger partial charge in [0.2, 0.25) is 0 Å². The summed E-state index contributed by atoms with van der Waals surface area (Å²) in [5.41, 5.74) is 2.39. The van der Waals surface area contributed by atoms with Crippen molar-refractivity contribution in [3.05, 3.63) is 53.0 Å². The third-order valence-electron chi connectivity index (χ3n) is 2.76. The molecule has 1 amide bonds. The molecule has 0 bridgehead atoms. The Morgan fingerprint density at radius 1 is 1.30 bits per heavy atom. The second kappa shape index (κ2) is 6.09. The van der Waals surface area contributed by atoms with Gasteiger partial charge in [0.15, 0.2) is 5.76 Å². The van der Waals surface area contributed by atoms with Crippen molar-refractivity contribution in [3.8, 4) is 11.8 Å². The number of nitrogens with one attached hydrogen (secondary N) is 1. The van der Waals surface area contributed by atoms with Crippen molar-refractivity contribution in [2.45, 2.75) is 13.8 Å². The van der Waals surface area contributed by atoms with Crippen LogP contribution in [0.5, 0.6) is 0 Å². The van der Waals surface area contributed by atoms with Crippen LogP contribution >= 0.6 is 0 Å². The molecule has 0 spiro atoms. The Balaban J connectivity index is 2.19. The summed E-state index contributed by atoms with van der Waals surface area (Å²) in [6, 6.07) is 8.80. The van der Waals surface area contributed by atoms with E-state index in [1.165, 1.54) is 0 Å². The highest BCUT2D eigenvalue weighted by atomic mass is 16.3. The van der Waals surface area contributed by atoms with Crippen LogP contribution in [-0.2, 0) is 0 Å². The maximum atomic E-state index is 12.0. The number of furan rings is 1. The molecule has 0 saturated carbocycles. The van der Waals surface area contributed by atoms with Crippen LogP contribution in [0.15, 0.2) is 34.7 Å². The van der Waals surface area contributed by atoms with Gasteiger partial charge in [0.05, 0.1) is 0 Å². The molecule has 1 heterocycles. The fourth-order valence-electron chi connectivity index (χ4n) is 1.72. The fraction of sp³-hybridized carbons (Fsp3) is 0.188. The maximum Gasteiger partial charge on any atom is 0.291 e. The largest absolute Gasteiger partial charge is 0.456 e. The van der Waals surface area contributed by atoms with E-state index >= 15 is 0 Å². The van der Waals surface area contributed by atoms with Crippen molar-refractivity contribution in [1.29, 1.82) is 0 Å². The first-order valence-corrected chi connectivity index (χ1v) is 6.18. The summed E-state index contributed by atoms with van der Waals surface area (Å²) in [5, 5.41) is 11.5. The van der Waals surface area contributed by atoms with E-state index in [0.717, 1.165) is 11.1 Å². The van der Waals surface area contributed by atoms with Gasteiger partial charge in [-0.2, -0.15) is 0 Å². The Bertz CT molecular complexity index is 689. The number of hydrogen-bond donors (Lipinski definition) is 2. The summed E-state index contributed by atoms with van der Waals surface area (Å²) >= 11 is 0. The van der Waals surface area contributed by atoms with E-state index in [2.05, 4.69) is 17.2 Å². The predicted octanol–water partition coefficient (Wildman–Crippen LogP) is 2.49. The number of aliphatic hydroxyl groups excluding tert-OH is 1. The molecule has 1 aromatic carbocycles. The van der Waals surface area contributed by atoms with Crippen LogP contribution in [0.4, 0.5) is 5.69 Å². The van der Waals surface area contributed by atoms with Gasteiger partial charge < -0.3 is 14.8 Å². The van der Waals surface area contributed by atoms with Crippen LogP contribution in [-0.4, -0.2) is 17.6 Å². The number of anilines is 1. The molecule has 4 heteroatoms. The predicted molar refractivity (Wildman–Crippen MR) is 76.5 cm³/mol. The monoisotopic (exact) mass is 269 g/mol. The van der Waals surface area contributed by atoms with Crippen molar-refractivity contribution in [1.82, 2.24) is 0 Å². The van der Waals surface area contributed by atoms with E-state index < -0.39 is 0 Å². The number of amides is 1. The molecule has 0 fully saturated rings. The minimum absolute atomic E-state index is 0.193. The van der Waals surface area contributed by atoms with Gasteiger partial charge >= 0.3 is 0 Å². The summed E-state index contributed by atoms with van der Waals surface area (Å²) in [6.45, 7) is 3.51. The molecule has 0 aliphatic heterocycles. The van der Waals surface area contributed by atoms with Gasteiger partial charge in [0, 0.05) is 11.3 Å². The summed E-state index contributed by atoms with van der Waals surface area (Å²) in [6.07, 6.45) is 0. The van der Waals surface area contributed by atoms with Gasteiger partial charge in [-0.1, -0.05) is 17.9 Å². The first-order chi connectivity index (χ1) is 9.60. The first kappa shape index (κ1) is 13.9. The lowest BCUT2D eigenvalue weighted by atomic mass is 10.1. The van der Waals surface area contributed by atoms with Gasteiger partial charge in [-0.25, -0.2) is 0 Å². The Hall–Kier alpha value is -2.51. The van der Waals surface area contributed by atoms with E-state index in [4.69, 9.17) is 9.52 Å². The molecule has 1 aromatic heterocycles. The van der Waals surface area contributed by atoms with Crippen LogP contribution in [0.25, 0.3) is 0 Å². The van der Waals surface area contributed by atoms with Crippen LogP contribution in [0.2, 0.25) is 0 Å². The lowest BCUT2D eigenvalue weighted by molar-refractivity contribution is 0.0995. The molecule has 4 nitrogen and oxygen atoms in total. The Labute approximate surface area is 117 Å². The highest BCUT2D eigenvalue weighted by Crippen LogP contribution is 2.16. The SMILES string of the molecule is Cc1ccc(C(=O)Nc2ccc(C)c(C#CCO)c2)o1. The summed E-state index contributed by atoms with van der Waals surface area (Å²) in [7, 11) is 0. The molecule has 0 saturated heterocycles. The van der Waals surface area contributed by atoms with Gasteiger partial charge in [-0.15, -0.1) is 0 Å². The molecule has 0 radical (unpaired) electrons. The molecular formula is C16H15NO3. The van der Waals surface area contributed by atoms with E-state index in [-0.39, 0.29) is 18.3 Å². The van der Waals surface area contributed by atoms with Gasteiger partial charge in [0.1, 0.15) is 12.4 Å². The number of carbonyl (C=O) groups is 1. The zero-order valence-corrected chi connectivity index (χ0v) is 11.4. The van der Waals surface area contributed by atoms with E-state index in [1.54, 1.807) is 31.2 Å². The molecule has 0 atom stereocenters. The van der Waals surface area contributed by atoms with Crippen molar-refractivity contribution >= 4 is 11.6 Å². The normalized spacial score (nSPS) is 9.75. The van der Waals surface area contributed by atoms with Crippen molar-refractivity contribution in [2.24, 2.45) is 0 Å². The zero-order valence-electron chi connectivity index (χ0n) is 11.4. The van der Waals surface area contributed by atoms with E-state index in [0.29, 0.717) is 11.4 Å². The van der Waals surface area contributed by atoms with Crippen molar-refractivity contribution in [3.63, 3.8) is 0 Å². The molecule has 0 aliphatic carbocycles. The van der Waals surface area contributed by atoms with Crippen LogP contribution in [0.3, 0.4) is 0 Å². The minimum atomic E-state index is -0.303. The van der Waals surface area contributed by atoms with Gasteiger partial charge in [0.25, 0.3) is 5.91 Å². The van der Waals surface area contributed by atoms with Crippen LogP contribution < -0.4 is 5.32 Å². The second-order valence-corrected chi connectivity index (χ2v) is 4.35. The number of rotatable bonds is 2. The highest BCUT2D eigenvalue weighted by Gasteiger charge is 2.10. The maximum absolute atomic E-state index is 12.0. The van der Waals surface area contributed by atoms with Crippen molar-refractivity contribution in [2.75, 3.05) is 11.9 Å². The van der Waals surface area contributed by atoms with E-state index in [9.17, 15) is 4.79 Å². The second-order valence-electron chi connectivity index (χ2n) is 4.35. The number of carbonyl (C=O) groups excluding carboxylic acids is 1. The smallest absolute Gasteiger partial charge is 0.291 e. The number of benzene rings is 1. The molecule has 20 heavy (non-hydrogen) atoms. The summed E-state index contributed by atoms with van der Waals surface area (Å²) < 4.78 is 5.26. The van der Waals surface area contributed by atoms with Crippen LogP contribution in [0.1, 0.15) is 27.4 Å². The molecular weight excluding hydrogens is 254 g/mol. The van der Waals surface area contributed by atoms with Gasteiger partial charge in [-0.05, 0) is 43.7 Å². The molecule has 2 N–H and O–H groups in total. The molecule has 2 rings (SSSR count). The lowest BCUT2D eigenvalue weighted by Crippen LogP contribution is -2.11. The van der Waals surface area contributed by atoms with E-state index in [1.807, 2.05) is 13.0 Å². The summed E-state index contributed by atoms with van der Waals surface area (Å²) in [4.78, 5) is 12.0. The number of aliphatic hydroxyl groups is 1. The lowest BCUT2D eigenvalue weighted by Gasteiger charge is -2.05. The number of hydrogen-bond acceptors (Lipinski definition) is 3. The molecule has 102 valence electrons. The molecule has 2 aromatic rings. The topological polar surface area (TPSA) is 62.5 Å². The molecule has 0 aliphatic rings. The standard InChI is InChI=1S/C16H15NO3/c1-11-5-7-14(10-13(11)4-3-9-18)17-16(19)15-8-6-12(2)20-15/h5-8,10,18H,9H2,1-2H3,(H,17,19). The highest BCUT2D eigenvalue weighted by molar-refractivity contribution is 6.02.